The Balaban J connectivity index is 0.00000144. The molecule has 0 aromatic carbocycles. The van der Waals surface area contributed by atoms with Crippen LogP contribution in [-0.4, -0.2) is 22.1 Å². The summed E-state index contributed by atoms with van der Waals surface area (Å²) in [7, 11) is 1.98. The van der Waals surface area contributed by atoms with Crippen molar-refractivity contribution >= 4 is 5.97 Å². The van der Waals surface area contributed by atoms with E-state index >= 15 is 0 Å². The van der Waals surface area contributed by atoms with Gasteiger partial charge in [0.2, 0.25) is 0 Å². The van der Waals surface area contributed by atoms with Gasteiger partial charge in [-0.15, -0.1) is 0 Å². The Labute approximate surface area is 108 Å². The van der Waals surface area contributed by atoms with Crippen LogP contribution in [-0.2, 0) is 23.0 Å². The summed E-state index contributed by atoms with van der Waals surface area (Å²) in [4.78, 5) is 15.6. The van der Waals surface area contributed by atoms with Crippen molar-refractivity contribution in [1.82, 2.24) is 9.55 Å². The Kier molecular flexibility index (Phi) is 5.00. The van der Waals surface area contributed by atoms with E-state index in [9.17, 15) is 4.79 Å². The standard InChI is InChI=1S/C12H18N2O2.ClH/c1-3-4-11-9(7-16-12(11)15)5-10-6-13-8-14(10)2;/h6,8-9,11H,3-5,7H2,1-2H3;1H/p-1/t9-,11-;/m0./s1. The van der Waals surface area contributed by atoms with Gasteiger partial charge in [0.25, 0.3) is 0 Å². The normalized spacial score (nSPS) is 23.3. The van der Waals surface area contributed by atoms with Gasteiger partial charge in [0.05, 0.1) is 18.9 Å². The van der Waals surface area contributed by atoms with Gasteiger partial charge < -0.3 is 21.7 Å². The first-order valence-electron chi connectivity index (χ1n) is 5.84. The third kappa shape index (κ3) is 3.00. The first-order chi connectivity index (χ1) is 7.72. The van der Waals surface area contributed by atoms with Gasteiger partial charge in [0.1, 0.15) is 0 Å². The minimum absolute atomic E-state index is 0. The summed E-state index contributed by atoms with van der Waals surface area (Å²) in [5.74, 6) is 0.386. The molecule has 0 spiro atoms. The predicted molar refractivity (Wildman–Crippen MR) is 59.8 cm³/mol. The zero-order valence-electron chi connectivity index (χ0n) is 10.2. The molecule has 1 fully saturated rings. The number of ether oxygens (including phenoxy) is 1. The van der Waals surface area contributed by atoms with Crippen LogP contribution in [0.15, 0.2) is 12.5 Å². The maximum Gasteiger partial charge on any atom is 0.309 e. The third-order valence-corrected chi connectivity index (χ3v) is 3.30. The van der Waals surface area contributed by atoms with E-state index in [1.807, 2.05) is 17.8 Å². The first kappa shape index (κ1) is 14.0. The fraction of sp³-hybridized carbons (Fsp3) is 0.667. The fourth-order valence-electron chi connectivity index (χ4n) is 2.32. The van der Waals surface area contributed by atoms with E-state index in [0.29, 0.717) is 12.5 Å². The fourth-order valence-corrected chi connectivity index (χ4v) is 2.32. The number of nitrogens with zero attached hydrogens (tertiary/aromatic N) is 2. The number of hydrogen-bond donors (Lipinski definition) is 0. The number of aromatic nitrogens is 2. The second kappa shape index (κ2) is 6.05. The van der Waals surface area contributed by atoms with Crippen molar-refractivity contribution in [2.75, 3.05) is 6.61 Å². The van der Waals surface area contributed by atoms with Gasteiger partial charge in [0, 0.05) is 24.9 Å². The summed E-state index contributed by atoms with van der Waals surface area (Å²) >= 11 is 0. The van der Waals surface area contributed by atoms with Crippen molar-refractivity contribution < 1.29 is 21.9 Å². The molecule has 0 N–H and O–H groups in total. The Bertz CT molecular complexity index is 378. The Morgan fingerprint density at radius 3 is 2.94 bits per heavy atom. The summed E-state index contributed by atoms with van der Waals surface area (Å²) in [6, 6.07) is 0. The number of hydrogen-bond acceptors (Lipinski definition) is 3. The van der Waals surface area contributed by atoms with Crippen LogP contribution in [0.25, 0.3) is 0 Å². The van der Waals surface area contributed by atoms with Gasteiger partial charge in [-0.2, -0.15) is 0 Å². The number of cyclic esters (lactones) is 1. The van der Waals surface area contributed by atoms with E-state index in [2.05, 4.69) is 11.9 Å². The lowest BCUT2D eigenvalue weighted by molar-refractivity contribution is -0.141. The first-order valence-corrected chi connectivity index (χ1v) is 5.84. The van der Waals surface area contributed by atoms with Crippen LogP contribution < -0.4 is 12.4 Å². The molecule has 0 radical (unpaired) electrons. The van der Waals surface area contributed by atoms with Gasteiger partial charge in [0.15, 0.2) is 0 Å². The highest BCUT2D eigenvalue weighted by Crippen LogP contribution is 2.29. The lowest BCUT2D eigenvalue weighted by Gasteiger charge is -2.14. The minimum Gasteiger partial charge on any atom is -1.00 e. The zero-order chi connectivity index (χ0) is 11.5. The van der Waals surface area contributed by atoms with E-state index in [-0.39, 0.29) is 24.3 Å². The number of rotatable bonds is 4. The molecule has 1 aromatic heterocycles. The monoisotopic (exact) mass is 257 g/mol. The average molecular weight is 258 g/mol. The van der Waals surface area contributed by atoms with Crippen molar-refractivity contribution in [2.24, 2.45) is 18.9 Å². The number of imidazole rings is 1. The Morgan fingerprint density at radius 2 is 2.35 bits per heavy atom. The highest BCUT2D eigenvalue weighted by molar-refractivity contribution is 5.74. The van der Waals surface area contributed by atoms with Gasteiger partial charge in [-0.05, 0) is 12.8 Å². The van der Waals surface area contributed by atoms with Crippen LogP contribution in [0.5, 0.6) is 0 Å². The van der Waals surface area contributed by atoms with Gasteiger partial charge in [-0.25, -0.2) is 4.98 Å². The minimum atomic E-state index is -0.0194. The molecule has 0 amide bonds. The van der Waals surface area contributed by atoms with Crippen LogP contribution >= 0.6 is 0 Å². The molecule has 2 rings (SSSR count). The third-order valence-electron chi connectivity index (χ3n) is 3.30. The second-order valence-corrected chi connectivity index (χ2v) is 4.49. The largest absolute Gasteiger partial charge is 1.00 e. The molecule has 0 saturated carbocycles. The lowest BCUT2D eigenvalue weighted by atomic mass is 9.88. The second-order valence-electron chi connectivity index (χ2n) is 4.49. The molecule has 5 heteroatoms. The molecule has 2 atom stereocenters. The Morgan fingerprint density at radius 1 is 1.59 bits per heavy atom. The van der Waals surface area contributed by atoms with Crippen molar-refractivity contribution in [3.8, 4) is 0 Å². The molecule has 1 saturated heterocycles. The SMILES string of the molecule is CCC[C@@H]1C(=O)OC[C@@H]1Cc1cncn1C.[Cl-]. The molecule has 1 aromatic rings. The molecular weight excluding hydrogens is 240 g/mol. The summed E-state index contributed by atoms with van der Waals surface area (Å²) in [6.45, 7) is 2.67. The van der Waals surface area contributed by atoms with E-state index in [0.717, 1.165) is 19.3 Å². The number of carbonyl (C=O) groups excluding carboxylic acids is 1. The number of aryl methyl sites for hydroxylation is 1. The lowest BCUT2D eigenvalue weighted by Crippen LogP contribution is -3.00. The van der Waals surface area contributed by atoms with Crippen molar-refractivity contribution in [1.29, 1.82) is 0 Å². The number of esters is 1. The quantitative estimate of drug-likeness (QED) is 0.621. The molecule has 0 bridgehead atoms. The number of halogens is 1. The molecule has 0 unspecified atom stereocenters. The van der Waals surface area contributed by atoms with Crippen LogP contribution in [0.2, 0.25) is 0 Å². The van der Waals surface area contributed by atoms with Crippen molar-refractivity contribution in [3.05, 3.63) is 18.2 Å². The van der Waals surface area contributed by atoms with Crippen LogP contribution in [0, 0.1) is 11.8 Å². The van der Waals surface area contributed by atoms with E-state index in [1.54, 1.807) is 6.33 Å². The maximum atomic E-state index is 11.5. The summed E-state index contributed by atoms with van der Waals surface area (Å²) in [5.41, 5.74) is 1.17. The molecule has 2 heterocycles. The topological polar surface area (TPSA) is 44.1 Å². The van der Waals surface area contributed by atoms with E-state index in [1.165, 1.54) is 5.69 Å². The Hall–Kier alpha value is -1.03. The summed E-state index contributed by atoms with van der Waals surface area (Å²) < 4.78 is 7.16. The smallest absolute Gasteiger partial charge is 0.309 e. The van der Waals surface area contributed by atoms with Crippen molar-refractivity contribution in [2.45, 2.75) is 26.2 Å². The van der Waals surface area contributed by atoms with Crippen molar-refractivity contribution in [3.63, 3.8) is 0 Å². The zero-order valence-corrected chi connectivity index (χ0v) is 11.0. The molecule has 96 valence electrons. The molecule has 0 aliphatic carbocycles. The van der Waals surface area contributed by atoms with E-state index < -0.39 is 0 Å². The van der Waals surface area contributed by atoms with Crippen LogP contribution in [0.3, 0.4) is 0 Å². The highest BCUT2D eigenvalue weighted by atomic mass is 35.5. The molecule has 1 aliphatic rings. The summed E-state index contributed by atoms with van der Waals surface area (Å²) in [6.07, 6.45) is 6.50. The van der Waals surface area contributed by atoms with E-state index in [4.69, 9.17) is 4.74 Å². The van der Waals surface area contributed by atoms with Crippen LogP contribution in [0.1, 0.15) is 25.5 Å². The number of carbonyl (C=O) groups is 1. The average Bonchev–Trinajstić information content (AvgIpc) is 2.80. The van der Waals surface area contributed by atoms with Gasteiger partial charge in [-0.3, -0.25) is 4.79 Å². The highest BCUT2D eigenvalue weighted by Gasteiger charge is 2.36. The molecule has 4 nitrogen and oxygen atoms in total. The van der Waals surface area contributed by atoms with Gasteiger partial charge in [-0.1, -0.05) is 13.3 Å². The maximum absolute atomic E-state index is 11.5. The molecule has 17 heavy (non-hydrogen) atoms. The predicted octanol–water partition coefficient (Wildman–Crippen LogP) is -1.44. The van der Waals surface area contributed by atoms with Crippen LogP contribution in [0.4, 0.5) is 0 Å². The summed E-state index contributed by atoms with van der Waals surface area (Å²) in [5, 5.41) is 0. The molecule has 1 aliphatic heterocycles. The molecular formula is C12H18ClN2O2-. The van der Waals surface area contributed by atoms with Gasteiger partial charge >= 0.3 is 5.97 Å².